The van der Waals surface area contributed by atoms with Crippen LogP contribution in [0, 0.1) is 10.6 Å². The van der Waals surface area contributed by atoms with Crippen molar-refractivity contribution in [2.45, 2.75) is 65.5 Å². The maximum absolute atomic E-state index is 12.1. The van der Waals surface area contributed by atoms with Gasteiger partial charge >= 0.3 is 22.8 Å². The van der Waals surface area contributed by atoms with Gasteiger partial charge in [0.2, 0.25) is 23.5 Å². The smallest absolute Gasteiger partial charge is 0.369 e. The molecule has 0 radical (unpaired) electrons. The Morgan fingerprint density at radius 3 is 1.24 bits per heavy atom. The minimum Gasteiger partial charge on any atom is -0.472 e. The van der Waals surface area contributed by atoms with Gasteiger partial charge in [-0.15, -0.1) is 39.1 Å². The summed E-state index contributed by atoms with van der Waals surface area (Å²) in [5.41, 5.74) is 4.23. The SMILES string of the molecule is [3H]n1ccc(OCc2c(C)nsc2-n2nnn(C)c2=O)n1.[3H]n1ccc(OCc2c(C3CC3)nsc2-n2nnn(C)c2=O)n1.[3H]n1ccc(OCc2c(CC)nsc2-n2nnn(C)c2=O)n1.[3H]n1ccc(OCc2c(I)nsc2-n2nnn(C)c2=O)n1. The van der Waals surface area contributed by atoms with Crippen LogP contribution in [0.3, 0.4) is 0 Å². The highest BCUT2D eigenvalue weighted by Gasteiger charge is 2.32. The van der Waals surface area contributed by atoms with Crippen molar-refractivity contribution in [1.82, 2.24) is 137 Å². The van der Waals surface area contributed by atoms with Gasteiger partial charge < -0.3 is 18.9 Å². The molecule has 0 unspecified atom stereocenters. The third kappa shape index (κ3) is 12.9. The highest BCUT2D eigenvalue weighted by Crippen LogP contribution is 2.43. The number of H-pyrrole nitrogens is 4. The Kier molecular flexibility index (Phi) is 16.1. The summed E-state index contributed by atoms with van der Waals surface area (Å²) in [5, 5.41) is 51.4. The largest absolute Gasteiger partial charge is 0.472 e. The van der Waals surface area contributed by atoms with Gasteiger partial charge in [0, 0.05) is 94.3 Å². The highest BCUT2D eigenvalue weighted by molar-refractivity contribution is 14.1. The third-order valence-corrected chi connectivity index (χ3v) is 16.3. The number of aromatic amines is 4. The van der Waals surface area contributed by atoms with Gasteiger partial charge in [-0.1, -0.05) is 6.92 Å². The molecule has 432 valence electrons. The molecule has 0 aliphatic heterocycles. The molecule has 41 heteroatoms. The van der Waals surface area contributed by atoms with E-state index in [1.165, 1.54) is 92.4 Å². The van der Waals surface area contributed by atoms with Gasteiger partial charge in [0.15, 0.2) is 25.7 Å². The van der Waals surface area contributed by atoms with Crippen LogP contribution in [0.4, 0.5) is 0 Å². The number of tetrazole rings is 4. The molecule has 36 nitrogen and oxygen atoms in total. The van der Waals surface area contributed by atoms with Gasteiger partial charge in [-0.2, -0.15) is 36.2 Å². The maximum Gasteiger partial charge on any atom is 0.369 e. The topological polar surface area (TPSA) is 414 Å². The fourth-order valence-corrected chi connectivity index (χ4v) is 11.3. The van der Waals surface area contributed by atoms with Crippen molar-refractivity contribution < 1.29 is 24.6 Å². The van der Waals surface area contributed by atoms with Crippen molar-refractivity contribution in [2.24, 2.45) is 28.2 Å². The van der Waals surface area contributed by atoms with Crippen LogP contribution in [-0.4, -0.2) is 137 Å². The number of hydrogen-bond acceptors (Lipinski definition) is 28. The van der Waals surface area contributed by atoms with Crippen molar-refractivity contribution in [1.29, 1.82) is 0 Å². The second-order valence-corrected chi connectivity index (χ2v) is 21.1. The van der Waals surface area contributed by atoms with Gasteiger partial charge in [-0.25, -0.2) is 19.2 Å². The van der Waals surface area contributed by atoms with Gasteiger partial charge in [-0.05, 0) is 137 Å². The van der Waals surface area contributed by atoms with Crippen LogP contribution in [-0.2, 0) is 61.0 Å². The minimum atomic E-state index is -0.355. The van der Waals surface area contributed by atoms with E-state index >= 15 is 0 Å². The van der Waals surface area contributed by atoms with Crippen molar-refractivity contribution in [3.05, 3.63) is 134 Å². The van der Waals surface area contributed by atoms with E-state index in [1.54, 1.807) is 31.3 Å². The molecule has 4 N–H and O–H groups in total. The lowest BCUT2D eigenvalue weighted by Crippen LogP contribution is -2.22. The molecule has 12 aromatic rings. The van der Waals surface area contributed by atoms with Crippen LogP contribution < -0.4 is 41.7 Å². The lowest BCUT2D eigenvalue weighted by molar-refractivity contribution is 0.292. The zero-order valence-electron chi connectivity index (χ0n) is 47.9. The van der Waals surface area contributed by atoms with E-state index in [2.05, 4.69) is 102 Å². The van der Waals surface area contributed by atoms with Crippen molar-refractivity contribution in [3.63, 3.8) is 0 Å². The Balaban J connectivity index is 0.000000129. The number of ether oxygens (including phenoxy) is 4. The van der Waals surface area contributed by atoms with Crippen LogP contribution in [0.25, 0.3) is 20.0 Å². The molecule has 0 saturated heterocycles. The molecule has 0 aromatic carbocycles. The van der Waals surface area contributed by atoms with Gasteiger partial charge in [0.05, 0.1) is 28.2 Å². The number of halogens is 1. The average Bonchev–Trinajstić information content (AvgIpc) is 1.84. The van der Waals surface area contributed by atoms with Crippen molar-refractivity contribution in [3.8, 4) is 43.5 Å². The normalized spacial score (nSPS) is 12.5. The molecule has 0 spiro atoms. The molecule has 0 amide bonds. The maximum atomic E-state index is 12.1. The first kappa shape index (κ1) is 51.9. The summed E-state index contributed by atoms with van der Waals surface area (Å²) < 4.78 is 78.8. The molecule has 1 saturated carbocycles. The predicted octanol–water partition coefficient (Wildman–Crippen LogP) is 1.25. The molecule has 83 heavy (non-hydrogen) atoms. The van der Waals surface area contributed by atoms with E-state index in [9.17, 15) is 19.2 Å². The van der Waals surface area contributed by atoms with Gasteiger partial charge in [-0.3, -0.25) is 20.4 Å². The summed E-state index contributed by atoms with van der Waals surface area (Å²) in [5.74, 6) is 1.75. The fourth-order valence-electron chi connectivity index (χ4n) is 7.03. The summed E-state index contributed by atoms with van der Waals surface area (Å²) in [7, 11) is 6.13. The predicted molar refractivity (Wildman–Crippen MR) is 300 cm³/mol. The van der Waals surface area contributed by atoms with E-state index in [-0.39, 0.29) is 49.2 Å². The molecular weight excluding hydrogens is 1280 g/mol. The first-order chi connectivity index (χ1) is 41.8. The Morgan fingerprint density at radius 1 is 0.506 bits per heavy atom. The molecule has 12 aromatic heterocycles. The molecule has 1 fully saturated rings. The molecule has 12 heterocycles. The number of hydrogen-bond donors (Lipinski definition) is 4. The molecule has 1 aliphatic rings. The summed E-state index contributed by atoms with van der Waals surface area (Å²) >= 11 is 6.75. The fraction of sp³-hybridized carbons (Fsp3) is 0.333. The number of rotatable bonds is 18. The Labute approximate surface area is 499 Å². The summed E-state index contributed by atoms with van der Waals surface area (Å²) in [6.07, 6.45) is 8.76. The third-order valence-electron chi connectivity index (χ3n) is 11.5. The standard InChI is InChI=1S/C12H13N7O2S.C11H13N7O2S.C10H11N7O2S.C9H8IN7O2S/c1-18-12(20)19(17-16-18)11-8(6-21-9-4-5-13-14-9)10(15-22-11)7-2-3-7;1-3-8-7(6-20-9-4-5-12-13-9)10(21-14-8)18-11(19)17(2)15-16-18;1-6-7(5-19-8-3-4-11-12-8)9(20-13-6)17-10(18)16(2)14-15-17;1-16-9(18)17(15-14-16)8-5(7(10)13-20-8)4-19-6-2-3-11-12-6/h4-5,7H,2-3,6H2,1H3,(H,13,14);4-5H,3,6H2,1-2H3,(H,12,13);3-4H,5H2,1-2H3,(H,11,12);2-3H,4H2,1H3,(H,11,12)/i/hT4. The Hall–Kier alpha value is -9.23. The zero-order valence-corrected chi connectivity index (χ0v) is 49.4. The molecule has 1 aliphatic carbocycles. The van der Waals surface area contributed by atoms with Crippen LogP contribution in [0.2, 0.25) is 5.65 Å². The highest BCUT2D eigenvalue weighted by atomic mass is 127. The van der Waals surface area contributed by atoms with Crippen molar-refractivity contribution in [2.75, 3.05) is 0 Å². The monoisotopic (exact) mass is 1330 g/mol. The van der Waals surface area contributed by atoms with Crippen LogP contribution in [0.5, 0.6) is 23.5 Å². The Bertz CT molecular complexity index is 4420. The van der Waals surface area contributed by atoms with E-state index in [4.69, 9.17) is 24.6 Å². The average molecular weight is 1330 g/mol. The van der Waals surface area contributed by atoms with Crippen LogP contribution >= 0.6 is 68.7 Å². The zero-order chi connectivity index (χ0) is 61.6. The number of nitrogens with zero attached hydrogens (tertiary/aromatic N) is 24. The first-order valence-corrected chi connectivity index (χ1v) is 28.3. The number of nitrogens with one attached hydrogen (secondary N) is 4. The lowest BCUT2D eigenvalue weighted by Gasteiger charge is -2.05. The van der Waals surface area contributed by atoms with E-state index in [0.29, 0.717) is 55.9 Å². The van der Waals surface area contributed by atoms with E-state index < -0.39 is 0 Å². The molecule has 13 rings (SSSR count). The first-order valence-electron chi connectivity index (χ1n) is 25.9. The summed E-state index contributed by atoms with van der Waals surface area (Å²) in [4.78, 5) is 47.9. The quantitative estimate of drug-likeness (QED) is 0.0878. The lowest BCUT2D eigenvalue weighted by atomic mass is 10.2. The summed E-state index contributed by atoms with van der Waals surface area (Å²) in [6, 6.07) is 6.36. The number of aryl methyl sites for hydroxylation is 6. The Morgan fingerprint density at radius 2 is 0.855 bits per heavy atom. The van der Waals surface area contributed by atoms with Gasteiger partial charge in [0.1, 0.15) is 30.1 Å². The molecule has 0 bridgehead atoms. The minimum absolute atomic E-state index is 0.171. The second-order valence-electron chi connectivity index (χ2n) is 17.0. The molecule has 0 atom stereocenters. The van der Waals surface area contributed by atoms with E-state index in [0.717, 1.165) is 113 Å². The second kappa shape index (κ2) is 25.7. The van der Waals surface area contributed by atoms with Crippen molar-refractivity contribution >= 4 is 68.7 Å². The van der Waals surface area contributed by atoms with Crippen LogP contribution in [0.1, 0.15) is 65.0 Å². The van der Waals surface area contributed by atoms with Gasteiger partial charge in [0.25, 0.3) is 0 Å². The van der Waals surface area contributed by atoms with E-state index in [1.807, 2.05) is 13.8 Å². The number of aromatic nitrogens is 28. The summed E-state index contributed by atoms with van der Waals surface area (Å²) in [6.45, 7) is 4.55. The van der Waals surface area contributed by atoms with Crippen LogP contribution in [0.15, 0.2) is 68.2 Å². The molecular formula is C42H45IN28O8S4.